The fourth-order valence-electron chi connectivity index (χ4n) is 1.35. The smallest absolute Gasteiger partial charge is 0.133 e. The molecule has 0 radical (unpaired) electrons. The van der Waals surface area contributed by atoms with Crippen molar-refractivity contribution in [2.75, 3.05) is 5.73 Å². The van der Waals surface area contributed by atoms with Crippen LogP contribution in [0.5, 0.6) is 0 Å². The van der Waals surface area contributed by atoms with Crippen molar-refractivity contribution in [2.45, 2.75) is 13.3 Å². The fraction of sp³-hybridized carbons (Fsp3) is 0.200. The van der Waals surface area contributed by atoms with Crippen LogP contribution in [0.2, 0.25) is 0 Å². The number of nitrogens with two attached hydrogens (primary N) is 1. The minimum absolute atomic E-state index is 0.572. The Balaban J connectivity index is 2.77. The molecule has 0 fully saturated rings. The highest BCUT2D eigenvalue weighted by atomic mass is 14.8. The maximum absolute atomic E-state index is 5.78. The molecule has 66 valence electrons. The lowest BCUT2D eigenvalue weighted by molar-refractivity contribution is 1.05. The Morgan fingerprint density at radius 1 is 1.46 bits per heavy atom. The second-order valence-corrected chi connectivity index (χ2v) is 2.95. The molecule has 0 amide bonds. The molecule has 0 unspecified atom stereocenters. The number of pyridine rings is 2. The molecule has 2 aromatic heterocycles. The van der Waals surface area contributed by atoms with Gasteiger partial charge in [-0.2, -0.15) is 0 Å². The van der Waals surface area contributed by atoms with Crippen LogP contribution < -0.4 is 5.73 Å². The highest BCUT2D eigenvalue weighted by molar-refractivity contribution is 5.90. The van der Waals surface area contributed by atoms with Gasteiger partial charge in [-0.1, -0.05) is 6.92 Å². The van der Waals surface area contributed by atoms with Crippen LogP contribution in [0.4, 0.5) is 5.82 Å². The normalized spacial score (nSPS) is 10.5. The second-order valence-electron chi connectivity index (χ2n) is 2.95. The third-order valence-corrected chi connectivity index (χ3v) is 2.08. The second kappa shape index (κ2) is 3.01. The maximum atomic E-state index is 5.78. The first-order valence-corrected chi connectivity index (χ1v) is 4.30. The summed E-state index contributed by atoms with van der Waals surface area (Å²) < 4.78 is 0. The zero-order valence-electron chi connectivity index (χ0n) is 7.49. The summed E-state index contributed by atoms with van der Waals surface area (Å²) >= 11 is 0. The molecule has 0 aromatic carbocycles. The van der Waals surface area contributed by atoms with Crippen LogP contribution in [-0.4, -0.2) is 9.97 Å². The van der Waals surface area contributed by atoms with Gasteiger partial charge >= 0.3 is 0 Å². The summed E-state index contributed by atoms with van der Waals surface area (Å²) in [4.78, 5) is 8.27. The van der Waals surface area contributed by atoms with E-state index in [-0.39, 0.29) is 0 Å². The van der Waals surface area contributed by atoms with Crippen molar-refractivity contribution in [2.24, 2.45) is 0 Å². The summed E-state index contributed by atoms with van der Waals surface area (Å²) in [6, 6.07) is 4.00. The largest absolute Gasteiger partial charge is 0.383 e. The molecule has 0 saturated carbocycles. The first-order chi connectivity index (χ1) is 6.31. The van der Waals surface area contributed by atoms with Gasteiger partial charge in [-0.25, -0.2) is 4.98 Å². The number of anilines is 1. The van der Waals surface area contributed by atoms with Gasteiger partial charge in [-0.15, -0.1) is 0 Å². The van der Waals surface area contributed by atoms with Crippen molar-refractivity contribution in [3.8, 4) is 0 Å². The van der Waals surface area contributed by atoms with E-state index in [4.69, 9.17) is 5.73 Å². The lowest BCUT2D eigenvalue weighted by Gasteiger charge is -2.02. The third-order valence-electron chi connectivity index (χ3n) is 2.08. The third kappa shape index (κ3) is 1.33. The van der Waals surface area contributed by atoms with Gasteiger partial charge in [0.1, 0.15) is 5.82 Å². The number of fused-ring (bicyclic) bond motifs is 1. The molecule has 0 spiro atoms. The SMILES string of the molecule is CCc1cc2ccncc2c(N)n1. The quantitative estimate of drug-likeness (QED) is 0.715. The van der Waals surface area contributed by atoms with E-state index in [0.717, 1.165) is 22.9 Å². The van der Waals surface area contributed by atoms with E-state index in [1.807, 2.05) is 12.1 Å². The van der Waals surface area contributed by atoms with Gasteiger partial charge in [0.15, 0.2) is 0 Å². The van der Waals surface area contributed by atoms with Crippen LogP contribution in [0, 0.1) is 0 Å². The number of hydrogen-bond donors (Lipinski definition) is 1. The molecule has 2 rings (SSSR count). The van der Waals surface area contributed by atoms with E-state index in [2.05, 4.69) is 16.9 Å². The Hall–Kier alpha value is -1.64. The molecule has 2 N–H and O–H groups in total. The zero-order valence-corrected chi connectivity index (χ0v) is 7.49. The summed E-state index contributed by atoms with van der Waals surface area (Å²) in [6.07, 6.45) is 4.42. The van der Waals surface area contributed by atoms with Crippen LogP contribution in [0.25, 0.3) is 10.8 Å². The Morgan fingerprint density at radius 3 is 3.08 bits per heavy atom. The number of aryl methyl sites for hydroxylation is 1. The highest BCUT2D eigenvalue weighted by Crippen LogP contribution is 2.18. The van der Waals surface area contributed by atoms with Gasteiger partial charge in [0.05, 0.1) is 0 Å². The van der Waals surface area contributed by atoms with Crippen molar-refractivity contribution in [1.29, 1.82) is 0 Å². The van der Waals surface area contributed by atoms with Crippen LogP contribution in [-0.2, 0) is 6.42 Å². The molecule has 0 aliphatic carbocycles. The highest BCUT2D eigenvalue weighted by Gasteiger charge is 2.00. The molecule has 0 saturated heterocycles. The summed E-state index contributed by atoms with van der Waals surface area (Å²) in [5.41, 5.74) is 6.81. The molecule has 2 aromatic rings. The minimum Gasteiger partial charge on any atom is -0.383 e. The van der Waals surface area contributed by atoms with E-state index in [0.29, 0.717) is 5.82 Å². The lowest BCUT2D eigenvalue weighted by Crippen LogP contribution is -1.96. The number of aromatic nitrogens is 2. The first-order valence-electron chi connectivity index (χ1n) is 4.30. The van der Waals surface area contributed by atoms with Gasteiger partial charge in [-0.3, -0.25) is 4.98 Å². The van der Waals surface area contributed by atoms with E-state index in [1.165, 1.54) is 0 Å². The zero-order chi connectivity index (χ0) is 9.26. The van der Waals surface area contributed by atoms with Crippen molar-refractivity contribution in [1.82, 2.24) is 9.97 Å². The van der Waals surface area contributed by atoms with Crippen molar-refractivity contribution >= 4 is 16.6 Å². The Bertz CT molecular complexity index is 437. The van der Waals surface area contributed by atoms with Gasteiger partial charge < -0.3 is 5.73 Å². The van der Waals surface area contributed by atoms with Crippen LogP contribution in [0.15, 0.2) is 24.5 Å². The fourth-order valence-corrected chi connectivity index (χ4v) is 1.35. The standard InChI is InChI=1S/C10H11N3/c1-2-8-5-7-3-4-12-6-9(7)10(11)13-8/h3-6H,2H2,1H3,(H2,11,13). The van der Waals surface area contributed by atoms with Gasteiger partial charge in [0, 0.05) is 23.5 Å². The van der Waals surface area contributed by atoms with Gasteiger partial charge in [-0.05, 0) is 23.9 Å². The lowest BCUT2D eigenvalue weighted by atomic mass is 10.1. The van der Waals surface area contributed by atoms with Crippen molar-refractivity contribution in [3.63, 3.8) is 0 Å². The summed E-state index contributed by atoms with van der Waals surface area (Å²) in [5.74, 6) is 0.572. The summed E-state index contributed by atoms with van der Waals surface area (Å²) in [7, 11) is 0. The van der Waals surface area contributed by atoms with E-state index in [9.17, 15) is 0 Å². The molecule has 0 atom stereocenters. The average Bonchev–Trinajstić information content (AvgIpc) is 2.18. The molecule has 0 aliphatic heterocycles. The Kier molecular flexibility index (Phi) is 1.85. The number of nitrogen functional groups attached to an aromatic ring is 1. The number of nitrogens with zero attached hydrogens (tertiary/aromatic N) is 2. The average molecular weight is 173 g/mol. The molecule has 3 nitrogen and oxygen atoms in total. The van der Waals surface area contributed by atoms with Crippen LogP contribution in [0.1, 0.15) is 12.6 Å². The number of hydrogen-bond acceptors (Lipinski definition) is 3. The summed E-state index contributed by atoms with van der Waals surface area (Å²) in [6.45, 7) is 2.06. The number of rotatable bonds is 1. The molecule has 0 aliphatic rings. The molecule has 13 heavy (non-hydrogen) atoms. The Morgan fingerprint density at radius 2 is 2.31 bits per heavy atom. The summed E-state index contributed by atoms with van der Waals surface area (Å²) in [5, 5.41) is 2.04. The van der Waals surface area contributed by atoms with Crippen LogP contribution in [0.3, 0.4) is 0 Å². The molecule has 0 bridgehead atoms. The minimum atomic E-state index is 0.572. The molecule has 2 heterocycles. The molecular weight excluding hydrogens is 162 g/mol. The predicted molar refractivity (Wildman–Crippen MR) is 53.3 cm³/mol. The van der Waals surface area contributed by atoms with Crippen molar-refractivity contribution in [3.05, 3.63) is 30.2 Å². The molecule has 3 heteroatoms. The first kappa shape index (κ1) is 7.98. The monoisotopic (exact) mass is 173 g/mol. The van der Waals surface area contributed by atoms with Crippen molar-refractivity contribution < 1.29 is 0 Å². The van der Waals surface area contributed by atoms with E-state index < -0.39 is 0 Å². The predicted octanol–water partition coefficient (Wildman–Crippen LogP) is 1.77. The molecular formula is C10H11N3. The van der Waals surface area contributed by atoms with E-state index >= 15 is 0 Å². The van der Waals surface area contributed by atoms with Gasteiger partial charge in [0.25, 0.3) is 0 Å². The van der Waals surface area contributed by atoms with E-state index in [1.54, 1.807) is 12.4 Å². The van der Waals surface area contributed by atoms with Crippen LogP contribution >= 0.6 is 0 Å². The topological polar surface area (TPSA) is 51.8 Å². The Labute approximate surface area is 76.6 Å². The van der Waals surface area contributed by atoms with Gasteiger partial charge in [0.2, 0.25) is 0 Å². The maximum Gasteiger partial charge on any atom is 0.133 e.